The van der Waals surface area contributed by atoms with Crippen LogP contribution in [0.1, 0.15) is 32.4 Å². The number of allylic oxidation sites excluding steroid dienone is 1. The molecule has 5 rings (SSSR count). The summed E-state index contributed by atoms with van der Waals surface area (Å²) in [6.45, 7) is 10.2. The number of carbonyl (C=O) groups is 1. The van der Waals surface area contributed by atoms with Gasteiger partial charge in [0.05, 0.1) is 28.0 Å². The first-order valence-corrected chi connectivity index (χ1v) is 14.7. The third-order valence-corrected chi connectivity index (χ3v) is 8.69. The summed E-state index contributed by atoms with van der Waals surface area (Å²) in [7, 11) is 0. The van der Waals surface area contributed by atoms with Crippen LogP contribution in [-0.4, -0.2) is 57.4 Å². The van der Waals surface area contributed by atoms with Crippen LogP contribution in [0.5, 0.6) is 5.75 Å². The molecule has 1 aromatic carbocycles. The van der Waals surface area contributed by atoms with Crippen molar-refractivity contribution in [3.63, 3.8) is 0 Å². The van der Waals surface area contributed by atoms with Crippen LogP contribution in [0.15, 0.2) is 40.8 Å². The summed E-state index contributed by atoms with van der Waals surface area (Å²) in [6, 6.07) is 2.61. The number of anilines is 1. The van der Waals surface area contributed by atoms with Crippen molar-refractivity contribution < 1.29 is 23.1 Å². The Balaban J connectivity index is 1.88. The van der Waals surface area contributed by atoms with Crippen molar-refractivity contribution in [3.05, 3.63) is 74.4 Å². The molecule has 0 aliphatic carbocycles. The number of fused-ring (bicyclic) bond motifs is 1. The highest BCUT2D eigenvalue weighted by Crippen LogP contribution is 2.44. The first-order valence-electron chi connectivity index (χ1n) is 14.0. The van der Waals surface area contributed by atoms with Crippen LogP contribution in [0, 0.1) is 40.6 Å². The fourth-order valence-corrected chi connectivity index (χ4v) is 6.27. The van der Waals surface area contributed by atoms with E-state index in [4.69, 9.17) is 23.2 Å². The molecule has 1 amide bonds. The van der Waals surface area contributed by atoms with Gasteiger partial charge in [0.2, 0.25) is 11.7 Å². The van der Waals surface area contributed by atoms with Gasteiger partial charge >= 0.3 is 0 Å². The minimum Gasteiger partial charge on any atom is -0.504 e. The number of aromatic nitrogens is 2. The van der Waals surface area contributed by atoms with Crippen molar-refractivity contribution in [2.75, 3.05) is 31.1 Å². The Bertz CT molecular complexity index is 1900. The van der Waals surface area contributed by atoms with Crippen molar-refractivity contribution in [3.8, 4) is 23.1 Å². The maximum atomic E-state index is 15.4. The van der Waals surface area contributed by atoms with E-state index in [0.29, 0.717) is 5.71 Å². The molecule has 45 heavy (non-hydrogen) atoms. The molecule has 4 heterocycles. The molecule has 0 spiro atoms. The summed E-state index contributed by atoms with van der Waals surface area (Å²) in [6.07, 6.45) is 4.60. The number of benzene rings is 1. The van der Waals surface area contributed by atoms with Gasteiger partial charge in [0, 0.05) is 49.4 Å². The normalized spacial score (nSPS) is 18.4. The summed E-state index contributed by atoms with van der Waals surface area (Å²) < 4.78 is 45.4. The zero-order valence-electron chi connectivity index (χ0n) is 24.4. The van der Waals surface area contributed by atoms with Gasteiger partial charge in [0.15, 0.2) is 17.4 Å². The van der Waals surface area contributed by atoms with Gasteiger partial charge < -0.3 is 14.9 Å². The van der Waals surface area contributed by atoms with Crippen LogP contribution in [0.4, 0.5) is 18.9 Å². The zero-order valence-corrected chi connectivity index (χ0v) is 25.9. The highest BCUT2D eigenvalue weighted by Gasteiger charge is 2.35. The van der Waals surface area contributed by atoms with E-state index in [1.165, 1.54) is 16.7 Å². The van der Waals surface area contributed by atoms with Crippen molar-refractivity contribution in [1.29, 1.82) is 5.26 Å². The van der Waals surface area contributed by atoms with Gasteiger partial charge in [-0.15, -0.1) is 0 Å². The predicted molar refractivity (Wildman–Crippen MR) is 166 cm³/mol. The number of nitriles is 1. The number of hydrogen-bond acceptors (Lipinski definition) is 7. The SMILES string of the molecule is C=CC(=O)N1CCN(c2c(C#N)c(=O)n(C3C(C(C)C)=NC=C[C@H]3C)c3nc(-c4c(O)c(F)c(F)c(Cl)c4F)c(Cl)cc23)CC1. The number of piperazine rings is 1. The lowest BCUT2D eigenvalue weighted by Gasteiger charge is -2.37. The Kier molecular flexibility index (Phi) is 8.70. The minimum atomic E-state index is -1.81. The Labute approximate surface area is 266 Å². The van der Waals surface area contributed by atoms with Crippen molar-refractivity contribution in [2.24, 2.45) is 16.8 Å². The molecule has 2 aliphatic heterocycles. The first kappa shape index (κ1) is 32.1. The molecule has 0 radical (unpaired) electrons. The standard InChI is InChI=1S/C31H27Cl2F3N6O3/c1-5-19(43)40-8-10-41(11-9-40)28-16-12-18(32)26(20-22(34)21(33)23(35)24(36)29(20)44)39-30(16)42(31(45)17(28)13-37)27-15(4)6-7-38-25(27)14(2)3/h5-7,12,14-15,27,44H,1,8-11H2,2-4H3/t15-,27?/m1/s1. The van der Waals surface area contributed by atoms with Crippen LogP contribution < -0.4 is 10.5 Å². The molecule has 2 aromatic heterocycles. The number of aliphatic imine (C=N–C) groups is 1. The number of phenols is 1. The lowest BCUT2D eigenvalue weighted by Crippen LogP contribution is -2.49. The van der Waals surface area contributed by atoms with Crippen LogP contribution in [0.2, 0.25) is 10.0 Å². The van der Waals surface area contributed by atoms with E-state index in [2.05, 4.69) is 16.6 Å². The molecule has 3 aromatic rings. The summed E-state index contributed by atoms with van der Waals surface area (Å²) >= 11 is 12.3. The third kappa shape index (κ3) is 5.23. The quantitative estimate of drug-likeness (QED) is 0.204. The van der Waals surface area contributed by atoms with Crippen LogP contribution in [0.3, 0.4) is 0 Å². The van der Waals surface area contributed by atoms with Crippen LogP contribution >= 0.6 is 23.2 Å². The Morgan fingerprint density at radius 1 is 1.18 bits per heavy atom. The zero-order chi connectivity index (χ0) is 32.9. The molecule has 9 nitrogen and oxygen atoms in total. The van der Waals surface area contributed by atoms with Crippen molar-refractivity contribution in [1.82, 2.24) is 14.5 Å². The highest BCUT2D eigenvalue weighted by molar-refractivity contribution is 6.34. The molecule has 14 heteroatoms. The molecular weight excluding hydrogens is 632 g/mol. The fourth-order valence-electron chi connectivity index (χ4n) is 5.84. The number of pyridine rings is 2. The molecule has 0 saturated carbocycles. The highest BCUT2D eigenvalue weighted by atomic mass is 35.5. The van der Waals surface area contributed by atoms with Gasteiger partial charge in [-0.25, -0.2) is 13.8 Å². The lowest BCUT2D eigenvalue weighted by molar-refractivity contribution is -0.126. The largest absolute Gasteiger partial charge is 0.504 e. The summed E-state index contributed by atoms with van der Waals surface area (Å²) in [5, 5.41) is 19.6. The smallest absolute Gasteiger partial charge is 0.272 e. The molecule has 234 valence electrons. The molecule has 1 N–H and O–H groups in total. The molecule has 2 aliphatic rings. The van der Waals surface area contributed by atoms with E-state index >= 15 is 4.39 Å². The minimum absolute atomic E-state index is 0.0712. The second-order valence-corrected chi connectivity index (χ2v) is 11.8. The van der Waals surface area contributed by atoms with Crippen molar-refractivity contribution in [2.45, 2.75) is 26.8 Å². The summed E-state index contributed by atoms with van der Waals surface area (Å²) in [5.74, 6) is -7.26. The van der Waals surface area contributed by atoms with Crippen LogP contribution in [0.25, 0.3) is 22.3 Å². The molecule has 0 bridgehead atoms. The molecule has 2 atom stereocenters. The van der Waals surface area contributed by atoms with E-state index in [9.17, 15) is 28.7 Å². The van der Waals surface area contributed by atoms with E-state index < -0.39 is 51.1 Å². The number of amides is 1. The third-order valence-electron chi connectivity index (χ3n) is 8.07. The maximum Gasteiger partial charge on any atom is 0.272 e. The maximum absolute atomic E-state index is 15.4. The van der Waals surface area contributed by atoms with E-state index in [1.807, 2.05) is 26.8 Å². The number of carbonyl (C=O) groups excluding carboxylic acids is 1. The second-order valence-electron chi connectivity index (χ2n) is 11.1. The predicted octanol–water partition coefficient (Wildman–Crippen LogP) is 6.00. The number of hydrogen-bond donors (Lipinski definition) is 1. The number of nitrogens with zero attached hydrogens (tertiary/aromatic N) is 6. The van der Waals surface area contributed by atoms with Gasteiger partial charge in [0.1, 0.15) is 22.3 Å². The summed E-state index contributed by atoms with van der Waals surface area (Å²) in [4.78, 5) is 38.9. The van der Waals surface area contributed by atoms with Crippen molar-refractivity contribution >= 4 is 51.5 Å². The average molecular weight is 659 g/mol. The Morgan fingerprint density at radius 3 is 2.44 bits per heavy atom. The van der Waals surface area contributed by atoms with E-state index in [-0.39, 0.29) is 71.2 Å². The van der Waals surface area contributed by atoms with Gasteiger partial charge in [-0.05, 0) is 18.1 Å². The Hall–Kier alpha value is -4.34. The monoisotopic (exact) mass is 658 g/mol. The van der Waals surface area contributed by atoms with Gasteiger partial charge in [-0.3, -0.25) is 19.1 Å². The molecule has 1 fully saturated rings. The average Bonchev–Trinajstić information content (AvgIpc) is 3.02. The Morgan fingerprint density at radius 2 is 1.84 bits per heavy atom. The van der Waals surface area contributed by atoms with Gasteiger partial charge in [0.25, 0.3) is 5.56 Å². The van der Waals surface area contributed by atoms with Gasteiger partial charge in [-0.1, -0.05) is 56.6 Å². The molecular formula is C31H27Cl2F3N6O3. The first-order chi connectivity index (χ1) is 21.3. The number of phenolic OH excluding ortho intramolecular Hbond substituents is 1. The fraction of sp³-hybridized carbons (Fsp3) is 0.323. The van der Waals surface area contributed by atoms with E-state index in [1.54, 1.807) is 22.1 Å². The molecule has 1 saturated heterocycles. The van der Waals surface area contributed by atoms with E-state index in [0.717, 1.165) is 0 Å². The topological polar surface area (TPSA) is 115 Å². The second kappa shape index (κ2) is 12.2. The van der Waals surface area contributed by atoms with Crippen LogP contribution in [-0.2, 0) is 4.79 Å². The summed E-state index contributed by atoms with van der Waals surface area (Å²) in [5.41, 5.74) is -1.63. The number of halogens is 5. The lowest BCUT2D eigenvalue weighted by atomic mass is 9.88. The number of rotatable bonds is 5. The molecule has 1 unspecified atom stereocenters. The number of aromatic hydroxyl groups is 1. The van der Waals surface area contributed by atoms with Gasteiger partial charge in [-0.2, -0.15) is 9.65 Å².